The number of aliphatic hydroxyl groups excluding tert-OH is 1. The van der Waals surface area contributed by atoms with E-state index < -0.39 is 12.1 Å². The molecule has 0 saturated heterocycles. The number of hydrogen-bond acceptors (Lipinski definition) is 2. The second-order valence-corrected chi connectivity index (χ2v) is 5.86. The van der Waals surface area contributed by atoms with E-state index in [2.05, 4.69) is 0 Å². The average molecular weight is 366 g/mol. The maximum atomic E-state index is 10.8. The van der Waals surface area contributed by atoms with Gasteiger partial charge in [-0.25, -0.2) is 4.79 Å². The summed E-state index contributed by atoms with van der Waals surface area (Å²) < 4.78 is 0. The van der Waals surface area contributed by atoms with E-state index in [4.69, 9.17) is 51.5 Å². The van der Waals surface area contributed by atoms with E-state index in [9.17, 15) is 9.90 Å². The van der Waals surface area contributed by atoms with Crippen LogP contribution in [-0.4, -0.2) is 16.2 Å². The first kappa shape index (κ1) is 16.4. The Labute approximate surface area is 140 Å². The van der Waals surface area contributed by atoms with E-state index in [1.54, 1.807) is 12.1 Å². The molecule has 0 saturated carbocycles. The van der Waals surface area contributed by atoms with Crippen LogP contribution in [0.15, 0.2) is 30.3 Å². The summed E-state index contributed by atoms with van der Waals surface area (Å²) in [7, 11) is 0. The maximum absolute atomic E-state index is 10.8. The Morgan fingerprint density at radius 2 is 1.62 bits per heavy atom. The summed E-state index contributed by atoms with van der Waals surface area (Å²) in [5, 5.41) is 19.5. The van der Waals surface area contributed by atoms with Crippen LogP contribution in [0, 0.1) is 0 Å². The summed E-state index contributed by atoms with van der Waals surface area (Å²) in [6.45, 7) is 0. The Bertz CT molecular complexity index is 716. The van der Waals surface area contributed by atoms with Gasteiger partial charge in [0.2, 0.25) is 0 Å². The van der Waals surface area contributed by atoms with Crippen LogP contribution in [0.4, 0.5) is 0 Å². The monoisotopic (exact) mass is 364 g/mol. The number of aliphatic hydroxyl groups is 1. The van der Waals surface area contributed by atoms with Crippen molar-refractivity contribution in [1.29, 1.82) is 0 Å². The van der Waals surface area contributed by atoms with Crippen LogP contribution in [0.5, 0.6) is 0 Å². The topological polar surface area (TPSA) is 57.5 Å². The largest absolute Gasteiger partial charge is 0.479 e. The molecule has 0 spiro atoms. The highest BCUT2D eigenvalue weighted by atomic mass is 35.5. The molecule has 3 nitrogen and oxygen atoms in total. The molecule has 0 aliphatic heterocycles. The number of aliphatic carboxylic acids is 1. The predicted octanol–water partition coefficient (Wildman–Crippen LogP) is 5.09. The zero-order valence-electron chi connectivity index (χ0n) is 10.3. The molecule has 0 fully saturated rings. The number of carbonyl (C=O) groups is 1. The van der Waals surface area contributed by atoms with Crippen molar-refractivity contribution in [2.75, 3.05) is 0 Å². The Hall–Kier alpha value is -0.970. The molecule has 0 aliphatic carbocycles. The second kappa shape index (κ2) is 6.42. The highest BCUT2D eigenvalue weighted by Crippen LogP contribution is 2.40. The van der Waals surface area contributed by atoms with Crippen LogP contribution in [0.1, 0.15) is 11.7 Å². The Kier molecular flexibility index (Phi) is 5.02. The number of rotatable bonds is 3. The molecule has 0 amide bonds. The number of carboxylic acid groups (broad SMARTS) is 1. The summed E-state index contributed by atoms with van der Waals surface area (Å²) in [6.07, 6.45) is -1.64. The van der Waals surface area contributed by atoms with Crippen molar-refractivity contribution in [3.8, 4) is 11.1 Å². The molecule has 1 unspecified atom stereocenters. The van der Waals surface area contributed by atoms with Crippen LogP contribution >= 0.6 is 46.4 Å². The first-order valence-corrected chi connectivity index (χ1v) is 7.17. The lowest BCUT2D eigenvalue weighted by Crippen LogP contribution is -2.10. The fourth-order valence-electron chi connectivity index (χ4n) is 1.81. The molecule has 0 heterocycles. The van der Waals surface area contributed by atoms with Crippen molar-refractivity contribution in [2.45, 2.75) is 6.10 Å². The van der Waals surface area contributed by atoms with Gasteiger partial charge >= 0.3 is 5.97 Å². The molecule has 110 valence electrons. The van der Waals surface area contributed by atoms with Gasteiger partial charge in [0, 0.05) is 21.2 Å². The Balaban J connectivity index is 2.54. The van der Waals surface area contributed by atoms with Gasteiger partial charge in [-0.05, 0) is 23.8 Å². The van der Waals surface area contributed by atoms with Gasteiger partial charge < -0.3 is 10.2 Å². The fourth-order valence-corrected chi connectivity index (χ4v) is 2.81. The number of halogens is 4. The summed E-state index contributed by atoms with van der Waals surface area (Å²) in [5.41, 5.74) is 1.23. The molecule has 0 aliphatic rings. The van der Waals surface area contributed by atoms with Gasteiger partial charge in [0.25, 0.3) is 0 Å². The number of carboxylic acids is 1. The van der Waals surface area contributed by atoms with Crippen molar-refractivity contribution in [1.82, 2.24) is 0 Å². The lowest BCUT2D eigenvalue weighted by molar-refractivity contribution is -0.146. The van der Waals surface area contributed by atoms with Gasteiger partial charge in [-0.2, -0.15) is 0 Å². The first-order valence-electron chi connectivity index (χ1n) is 5.66. The number of hydrogen-bond donors (Lipinski definition) is 2. The minimum atomic E-state index is -1.64. The smallest absolute Gasteiger partial charge is 0.337 e. The van der Waals surface area contributed by atoms with Gasteiger partial charge in [-0.3, -0.25) is 0 Å². The number of benzene rings is 2. The van der Waals surface area contributed by atoms with Crippen molar-refractivity contribution in [2.24, 2.45) is 0 Å². The van der Waals surface area contributed by atoms with Crippen LogP contribution in [0.2, 0.25) is 20.1 Å². The van der Waals surface area contributed by atoms with Crippen molar-refractivity contribution in [3.63, 3.8) is 0 Å². The predicted molar refractivity (Wildman–Crippen MR) is 84.5 cm³/mol. The summed E-state index contributed by atoms with van der Waals surface area (Å²) in [6, 6.07) is 7.47. The SMILES string of the molecule is O=C(O)C(O)c1ccc(-c2cc(Cl)cc(Cl)c2Cl)c(Cl)c1. The highest BCUT2D eigenvalue weighted by Gasteiger charge is 2.18. The molecule has 0 aromatic heterocycles. The van der Waals surface area contributed by atoms with Crippen LogP contribution < -0.4 is 0 Å². The third-order valence-corrected chi connectivity index (χ3v) is 4.16. The van der Waals surface area contributed by atoms with Crippen molar-refractivity contribution < 1.29 is 15.0 Å². The summed E-state index contributed by atoms with van der Waals surface area (Å²) in [5.74, 6) is -1.36. The highest BCUT2D eigenvalue weighted by molar-refractivity contribution is 6.45. The standard InChI is InChI=1S/C14H8Cl4O3/c15-7-4-9(12(18)11(17)5-7)8-2-1-6(3-10(8)16)13(19)14(20)21/h1-5,13,19H,(H,20,21). The minimum Gasteiger partial charge on any atom is -0.479 e. The second-order valence-electron chi connectivity index (χ2n) is 4.23. The van der Waals surface area contributed by atoms with Crippen LogP contribution in [0.3, 0.4) is 0 Å². The molecule has 1 atom stereocenters. The van der Waals surface area contributed by atoms with Gasteiger partial charge in [-0.1, -0.05) is 58.5 Å². The summed E-state index contributed by atoms with van der Waals surface area (Å²) in [4.78, 5) is 10.8. The average Bonchev–Trinajstić information content (AvgIpc) is 2.42. The Morgan fingerprint density at radius 3 is 2.19 bits per heavy atom. The van der Waals surface area contributed by atoms with E-state index in [0.717, 1.165) is 0 Å². The van der Waals surface area contributed by atoms with E-state index in [1.165, 1.54) is 18.2 Å². The lowest BCUT2D eigenvalue weighted by atomic mass is 10.0. The van der Waals surface area contributed by atoms with E-state index >= 15 is 0 Å². The molecule has 0 radical (unpaired) electrons. The zero-order chi connectivity index (χ0) is 15.7. The van der Waals surface area contributed by atoms with Crippen molar-refractivity contribution >= 4 is 52.4 Å². The maximum Gasteiger partial charge on any atom is 0.337 e. The minimum absolute atomic E-state index is 0.167. The zero-order valence-corrected chi connectivity index (χ0v) is 13.3. The third kappa shape index (κ3) is 3.44. The molecule has 21 heavy (non-hydrogen) atoms. The lowest BCUT2D eigenvalue weighted by Gasteiger charge is -2.12. The van der Waals surface area contributed by atoms with Crippen molar-refractivity contribution in [3.05, 3.63) is 56.0 Å². The Morgan fingerprint density at radius 1 is 0.952 bits per heavy atom. The third-order valence-electron chi connectivity index (χ3n) is 2.83. The normalized spacial score (nSPS) is 12.2. The van der Waals surface area contributed by atoms with Gasteiger partial charge in [0.05, 0.1) is 10.0 Å². The molecule has 2 aromatic rings. The molecule has 2 rings (SSSR count). The molecule has 2 N–H and O–H groups in total. The molecule has 7 heteroatoms. The quantitative estimate of drug-likeness (QED) is 0.745. The van der Waals surface area contributed by atoms with Gasteiger partial charge in [-0.15, -0.1) is 0 Å². The molecular formula is C14H8Cl4O3. The van der Waals surface area contributed by atoms with E-state index in [0.29, 0.717) is 16.1 Å². The van der Waals surface area contributed by atoms with Crippen LogP contribution in [-0.2, 0) is 4.79 Å². The molecule has 0 bridgehead atoms. The fraction of sp³-hybridized carbons (Fsp3) is 0.0714. The van der Waals surface area contributed by atoms with Gasteiger partial charge in [0.1, 0.15) is 0 Å². The molecular weight excluding hydrogens is 358 g/mol. The van der Waals surface area contributed by atoms with E-state index in [1.807, 2.05) is 0 Å². The first-order chi connectivity index (χ1) is 9.81. The van der Waals surface area contributed by atoms with Gasteiger partial charge in [0.15, 0.2) is 6.10 Å². The summed E-state index contributed by atoms with van der Waals surface area (Å²) >= 11 is 24.2. The van der Waals surface area contributed by atoms with Crippen LogP contribution in [0.25, 0.3) is 11.1 Å². The van der Waals surface area contributed by atoms with E-state index in [-0.39, 0.29) is 20.6 Å². The molecule has 2 aromatic carbocycles.